The van der Waals surface area contributed by atoms with Gasteiger partial charge in [0.15, 0.2) is 0 Å². The molecule has 15 heavy (non-hydrogen) atoms. The first kappa shape index (κ1) is 13.9. The van der Waals surface area contributed by atoms with Crippen LogP contribution in [-0.2, 0) is 9.53 Å². The smallest absolute Gasteiger partial charge is 0.381 e. The van der Waals surface area contributed by atoms with Gasteiger partial charge in [-0.3, -0.25) is 10.1 Å². The SMILES string of the molecule is CCCCCCC(C(=O)OCC)[N+](=O)[O-]. The maximum Gasteiger partial charge on any atom is 0.381 e. The van der Waals surface area contributed by atoms with Crippen molar-refractivity contribution in [2.45, 2.75) is 52.0 Å². The number of hydrogen-bond acceptors (Lipinski definition) is 4. The van der Waals surface area contributed by atoms with E-state index >= 15 is 0 Å². The summed E-state index contributed by atoms with van der Waals surface area (Å²) in [6, 6.07) is -1.18. The van der Waals surface area contributed by atoms with Crippen molar-refractivity contribution in [3.05, 3.63) is 10.1 Å². The van der Waals surface area contributed by atoms with E-state index in [4.69, 9.17) is 0 Å². The Hall–Kier alpha value is -1.13. The summed E-state index contributed by atoms with van der Waals surface area (Å²) in [5, 5.41) is 10.6. The average molecular weight is 217 g/mol. The van der Waals surface area contributed by atoms with Gasteiger partial charge in [-0.05, 0) is 13.3 Å². The molecule has 0 fully saturated rings. The van der Waals surface area contributed by atoms with Gasteiger partial charge in [0.05, 0.1) is 6.61 Å². The highest BCUT2D eigenvalue weighted by atomic mass is 16.6. The molecule has 0 saturated carbocycles. The van der Waals surface area contributed by atoms with Crippen molar-refractivity contribution in [3.63, 3.8) is 0 Å². The lowest BCUT2D eigenvalue weighted by Gasteiger charge is -2.07. The van der Waals surface area contributed by atoms with E-state index in [9.17, 15) is 14.9 Å². The average Bonchev–Trinajstić information content (AvgIpc) is 2.17. The van der Waals surface area contributed by atoms with E-state index in [0.29, 0.717) is 6.42 Å². The van der Waals surface area contributed by atoms with Crippen LogP contribution >= 0.6 is 0 Å². The predicted molar refractivity (Wildman–Crippen MR) is 56.2 cm³/mol. The molecule has 0 radical (unpaired) electrons. The van der Waals surface area contributed by atoms with Crippen molar-refractivity contribution in [3.8, 4) is 0 Å². The number of rotatable bonds is 8. The van der Waals surface area contributed by atoms with E-state index in [0.717, 1.165) is 19.3 Å². The van der Waals surface area contributed by atoms with Crippen LogP contribution in [0.1, 0.15) is 46.0 Å². The number of nitrogens with zero attached hydrogens (tertiary/aromatic N) is 1. The Labute approximate surface area is 90.0 Å². The summed E-state index contributed by atoms with van der Waals surface area (Å²) in [5.74, 6) is -0.709. The topological polar surface area (TPSA) is 69.4 Å². The first-order valence-electron chi connectivity index (χ1n) is 5.43. The van der Waals surface area contributed by atoms with Crippen molar-refractivity contribution in [2.75, 3.05) is 6.61 Å². The Morgan fingerprint density at radius 3 is 2.47 bits per heavy atom. The fraction of sp³-hybridized carbons (Fsp3) is 0.900. The second kappa shape index (κ2) is 8.20. The summed E-state index contributed by atoms with van der Waals surface area (Å²) >= 11 is 0. The molecule has 0 amide bonds. The Kier molecular flexibility index (Phi) is 7.58. The van der Waals surface area contributed by atoms with Crippen LogP contribution in [0.2, 0.25) is 0 Å². The standard InChI is InChI=1S/C10H19NO4/c1-3-5-6-7-8-9(11(13)14)10(12)15-4-2/h9H,3-8H2,1-2H3. The van der Waals surface area contributed by atoms with Gasteiger partial charge in [-0.15, -0.1) is 0 Å². The van der Waals surface area contributed by atoms with Crippen LogP contribution < -0.4 is 0 Å². The van der Waals surface area contributed by atoms with Gasteiger partial charge in [0, 0.05) is 11.3 Å². The molecule has 0 aliphatic heterocycles. The number of hydrogen-bond donors (Lipinski definition) is 0. The third-order valence-electron chi connectivity index (χ3n) is 2.14. The molecule has 0 spiro atoms. The van der Waals surface area contributed by atoms with Crippen molar-refractivity contribution >= 4 is 5.97 Å². The van der Waals surface area contributed by atoms with Gasteiger partial charge in [0.25, 0.3) is 0 Å². The molecule has 0 saturated heterocycles. The second-order valence-corrected chi connectivity index (χ2v) is 3.40. The molecule has 1 unspecified atom stereocenters. The van der Waals surface area contributed by atoms with E-state index in [2.05, 4.69) is 11.7 Å². The van der Waals surface area contributed by atoms with Gasteiger partial charge in [0.1, 0.15) is 0 Å². The highest BCUT2D eigenvalue weighted by Crippen LogP contribution is 2.09. The molecule has 1 atom stereocenters. The van der Waals surface area contributed by atoms with E-state index < -0.39 is 16.9 Å². The summed E-state index contributed by atoms with van der Waals surface area (Å²) in [7, 11) is 0. The molecular formula is C10H19NO4. The lowest BCUT2D eigenvalue weighted by Crippen LogP contribution is -2.31. The summed E-state index contributed by atoms with van der Waals surface area (Å²) in [6.07, 6.45) is 4.04. The molecule has 0 bridgehead atoms. The third-order valence-corrected chi connectivity index (χ3v) is 2.14. The Morgan fingerprint density at radius 1 is 1.33 bits per heavy atom. The number of esters is 1. The largest absolute Gasteiger partial charge is 0.461 e. The molecule has 0 rings (SSSR count). The number of carbonyl (C=O) groups is 1. The first-order valence-corrected chi connectivity index (χ1v) is 5.43. The van der Waals surface area contributed by atoms with E-state index in [1.165, 1.54) is 0 Å². The monoisotopic (exact) mass is 217 g/mol. The van der Waals surface area contributed by atoms with Crippen LogP contribution in [0.25, 0.3) is 0 Å². The van der Waals surface area contributed by atoms with E-state index in [1.807, 2.05) is 0 Å². The van der Waals surface area contributed by atoms with Crippen molar-refractivity contribution in [2.24, 2.45) is 0 Å². The minimum Gasteiger partial charge on any atom is -0.461 e. The normalized spacial score (nSPS) is 12.1. The Morgan fingerprint density at radius 2 is 2.00 bits per heavy atom. The van der Waals surface area contributed by atoms with Gasteiger partial charge in [-0.1, -0.05) is 26.2 Å². The maximum absolute atomic E-state index is 11.2. The van der Waals surface area contributed by atoms with E-state index in [1.54, 1.807) is 6.92 Å². The summed E-state index contributed by atoms with van der Waals surface area (Å²) in [5.41, 5.74) is 0. The van der Waals surface area contributed by atoms with Crippen molar-refractivity contribution in [1.82, 2.24) is 0 Å². The van der Waals surface area contributed by atoms with Crippen LogP contribution in [0.5, 0.6) is 0 Å². The molecule has 0 aliphatic carbocycles. The molecule has 5 heteroatoms. The highest BCUT2D eigenvalue weighted by molar-refractivity contribution is 5.74. The summed E-state index contributed by atoms with van der Waals surface area (Å²) in [6.45, 7) is 3.90. The predicted octanol–water partition coefficient (Wildman–Crippen LogP) is 2.17. The Bertz CT molecular complexity index is 206. The zero-order chi connectivity index (χ0) is 11.7. The molecule has 0 aromatic rings. The van der Waals surface area contributed by atoms with Crippen LogP contribution in [0.3, 0.4) is 0 Å². The maximum atomic E-state index is 11.2. The van der Waals surface area contributed by atoms with Crippen molar-refractivity contribution in [1.29, 1.82) is 0 Å². The minimum absolute atomic E-state index is 0.193. The van der Waals surface area contributed by atoms with Crippen LogP contribution in [0, 0.1) is 10.1 Å². The molecular weight excluding hydrogens is 198 g/mol. The third kappa shape index (κ3) is 6.04. The summed E-state index contributed by atoms with van der Waals surface area (Å²) in [4.78, 5) is 21.2. The highest BCUT2D eigenvalue weighted by Gasteiger charge is 2.30. The summed E-state index contributed by atoms with van der Waals surface area (Å²) < 4.78 is 4.64. The Balaban J connectivity index is 3.94. The quantitative estimate of drug-likeness (QED) is 0.270. The number of ether oxygens (including phenoxy) is 1. The lowest BCUT2D eigenvalue weighted by atomic mass is 10.1. The molecule has 0 aliphatic rings. The van der Waals surface area contributed by atoms with Gasteiger partial charge >= 0.3 is 12.0 Å². The number of unbranched alkanes of at least 4 members (excludes halogenated alkanes) is 3. The number of carbonyl (C=O) groups excluding carboxylic acids is 1. The molecule has 0 N–H and O–H groups in total. The van der Waals surface area contributed by atoms with Gasteiger partial charge < -0.3 is 4.74 Å². The molecule has 5 nitrogen and oxygen atoms in total. The molecule has 0 aromatic carbocycles. The van der Waals surface area contributed by atoms with Crippen LogP contribution in [0.15, 0.2) is 0 Å². The fourth-order valence-corrected chi connectivity index (χ4v) is 1.31. The van der Waals surface area contributed by atoms with Gasteiger partial charge in [-0.2, -0.15) is 0 Å². The van der Waals surface area contributed by atoms with Gasteiger partial charge in [-0.25, -0.2) is 4.79 Å². The lowest BCUT2D eigenvalue weighted by molar-refractivity contribution is -0.511. The first-order chi connectivity index (χ1) is 7.13. The number of nitro groups is 1. The van der Waals surface area contributed by atoms with Crippen molar-refractivity contribution < 1.29 is 14.5 Å². The fourth-order valence-electron chi connectivity index (χ4n) is 1.31. The van der Waals surface area contributed by atoms with Gasteiger partial charge in [0.2, 0.25) is 0 Å². The molecule has 0 aromatic heterocycles. The second-order valence-electron chi connectivity index (χ2n) is 3.40. The van der Waals surface area contributed by atoms with E-state index in [-0.39, 0.29) is 13.0 Å². The van der Waals surface area contributed by atoms with Crippen LogP contribution in [-0.4, -0.2) is 23.5 Å². The zero-order valence-electron chi connectivity index (χ0n) is 9.40. The minimum atomic E-state index is -1.18. The zero-order valence-corrected chi connectivity index (χ0v) is 9.40. The van der Waals surface area contributed by atoms with Crippen LogP contribution in [0.4, 0.5) is 0 Å². The molecule has 0 heterocycles. The molecule has 88 valence electrons.